The Morgan fingerprint density at radius 3 is 2.16 bits per heavy atom. The van der Waals surface area contributed by atoms with E-state index < -0.39 is 0 Å². The molecule has 0 bridgehead atoms. The number of allylic oxidation sites excluding steroid dienone is 1. The first-order valence-corrected chi connectivity index (χ1v) is 10.3. The second-order valence-electron chi connectivity index (χ2n) is 7.78. The van der Waals surface area contributed by atoms with Crippen LogP contribution in [0.25, 0.3) is 22.3 Å². The van der Waals surface area contributed by atoms with Gasteiger partial charge in [0, 0.05) is 5.56 Å². The zero-order valence-electron chi connectivity index (χ0n) is 19.1. The van der Waals surface area contributed by atoms with Crippen LogP contribution in [0.1, 0.15) is 25.0 Å². The van der Waals surface area contributed by atoms with Crippen molar-refractivity contribution in [2.24, 2.45) is 0 Å². The summed E-state index contributed by atoms with van der Waals surface area (Å²) in [6.45, 7) is 8.72. The highest BCUT2D eigenvalue weighted by Crippen LogP contribution is 2.43. The average molecular weight is 419 g/mol. The SMILES string of the molecule is COc1cc(-c2c(C)cc(-c3ccc(O)cc3)c(C)c2OC)ccc1OCC=C(C)C. The number of aromatic hydroxyl groups is 1. The highest BCUT2D eigenvalue weighted by molar-refractivity contribution is 5.83. The van der Waals surface area contributed by atoms with Gasteiger partial charge in [-0.25, -0.2) is 0 Å². The molecule has 162 valence electrons. The van der Waals surface area contributed by atoms with E-state index in [9.17, 15) is 5.11 Å². The van der Waals surface area contributed by atoms with Crippen molar-refractivity contribution in [1.29, 1.82) is 0 Å². The first-order chi connectivity index (χ1) is 14.8. The van der Waals surface area contributed by atoms with Crippen LogP contribution in [0.15, 0.2) is 60.2 Å². The Balaban J connectivity index is 2.07. The van der Waals surface area contributed by atoms with Gasteiger partial charge in [-0.2, -0.15) is 0 Å². The summed E-state index contributed by atoms with van der Waals surface area (Å²) in [5.74, 6) is 2.46. The third-order valence-corrected chi connectivity index (χ3v) is 5.29. The summed E-state index contributed by atoms with van der Waals surface area (Å²) in [7, 11) is 3.34. The van der Waals surface area contributed by atoms with Crippen molar-refractivity contribution >= 4 is 0 Å². The molecule has 0 radical (unpaired) electrons. The molecular formula is C27H30O4. The fraction of sp³-hybridized carbons (Fsp3) is 0.259. The zero-order valence-corrected chi connectivity index (χ0v) is 19.1. The van der Waals surface area contributed by atoms with Gasteiger partial charge in [0.05, 0.1) is 14.2 Å². The lowest BCUT2D eigenvalue weighted by Crippen LogP contribution is -2.00. The molecule has 0 aliphatic heterocycles. The van der Waals surface area contributed by atoms with Crippen LogP contribution >= 0.6 is 0 Å². The van der Waals surface area contributed by atoms with Gasteiger partial charge in [-0.15, -0.1) is 0 Å². The first kappa shape index (κ1) is 22.3. The van der Waals surface area contributed by atoms with Crippen LogP contribution < -0.4 is 14.2 Å². The quantitative estimate of drug-likeness (QED) is 0.434. The lowest BCUT2D eigenvalue weighted by Gasteiger charge is -2.20. The van der Waals surface area contributed by atoms with Gasteiger partial charge < -0.3 is 19.3 Å². The molecule has 0 aromatic heterocycles. The number of hydrogen-bond acceptors (Lipinski definition) is 4. The van der Waals surface area contributed by atoms with E-state index in [0.717, 1.165) is 39.1 Å². The molecule has 4 nitrogen and oxygen atoms in total. The maximum absolute atomic E-state index is 9.62. The molecule has 0 spiro atoms. The molecule has 0 fully saturated rings. The molecule has 4 heteroatoms. The zero-order chi connectivity index (χ0) is 22.5. The van der Waals surface area contributed by atoms with Crippen LogP contribution in [0.3, 0.4) is 0 Å². The highest BCUT2D eigenvalue weighted by Gasteiger charge is 2.18. The fourth-order valence-corrected chi connectivity index (χ4v) is 3.68. The summed E-state index contributed by atoms with van der Waals surface area (Å²) in [4.78, 5) is 0. The minimum Gasteiger partial charge on any atom is -0.508 e. The van der Waals surface area contributed by atoms with E-state index in [4.69, 9.17) is 14.2 Å². The largest absolute Gasteiger partial charge is 0.508 e. The van der Waals surface area contributed by atoms with Crippen LogP contribution in [0.4, 0.5) is 0 Å². The summed E-state index contributed by atoms with van der Waals surface area (Å²) in [6, 6.07) is 15.3. The summed E-state index contributed by atoms with van der Waals surface area (Å²) in [6.07, 6.45) is 2.03. The van der Waals surface area contributed by atoms with E-state index in [-0.39, 0.29) is 5.75 Å². The maximum atomic E-state index is 9.62. The normalized spacial score (nSPS) is 10.5. The number of phenols is 1. The Kier molecular flexibility index (Phi) is 6.91. The third-order valence-electron chi connectivity index (χ3n) is 5.29. The van der Waals surface area contributed by atoms with E-state index >= 15 is 0 Å². The predicted octanol–water partition coefficient (Wildman–Crippen LogP) is 6.71. The van der Waals surface area contributed by atoms with Crippen molar-refractivity contribution in [3.05, 3.63) is 71.3 Å². The van der Waals surface area contributed by atoms with E-state index in [2.05, 4.69) is 19.9 Å². The van der Waals surface area contributed by atoms with Crippen molar-refractivity contribution in [2.75, 3.05) is 20.8 Å². The molecule has 0 atom stereocenters. The molecule has 3 aromatic carbocycles. The smallest absolute Gasteiger partial charge is 0.161 e. The third kappa shape index (κ3) is 4.85. The molecule has 0 aliphatic rings. The number of rotatable bonds is 7. The molecule has 0 unspecified atom stereocenters. The number of benzene rings is 3. The van der Waals surface area contributed by atoms with Crippen LogP contribution in [0, 0.1) is 13.8 Å². The summed E-state index contributed by atoms with van der Waals surface area (Å²) >= 11 is 0. The molecule has 0 aliphatic carbocycles. The van der Waals surface area contributed by atoms with Crippen molar-refractivity contribution in [1.82, 2.24) is 0 Å². The summed E-state index contributed by atoms with van der Waals surface area (Å²) < 4.78 is 17.3. The van der Waals surface area contributed by atoms with Gasteiger partial charge >= 0.3 is 0 Å². The number of phenolic OH excluding ortho intramolecular Hbond substituents is 1. The van der Waals surface area contributed by atoms with Crippen LogP contribution in [-0.2, 0) is 0 Å². The summed E-state index contributed by atoms with van der Waals surface area (Å²) in [5.41, 5.74) is 7.47. The molecule has 0 saturated carbocycles. The maximum Gasteiger partial charge on any atom is 0.161 e. The van der Waals surface area contributed by atoms with E-state index in [1.165, 1.54) is 5.57 Å². The molecule has 0 amide bonds. The molecule has 0 saturated heterocycles. The van der Waals surface area contributed by atoms with Gasteiger partial charge in [0.25, 0.3) is 0 Å². The minimum atomic E-state index is 0.251. The number of ether oxygens (including phenoxy) is 3. The molecule has 0 heterocycles. The number of methoxy groups -OCH3 is 2. The van der Waals surface area contributed by atoms with Gasteiger partial charge in [-0.3, -0.25) is 0 Å². The van der Waals surface area contributed by atoms with Gasteiger partial charge in [0.2, 0.25) is 0 Å². The second kappa shape index (κ2) is 9.61. The lowest BCUT2D eigenvalue weighted by molar-refractivity contribution is 0.326. The lowest BCUT2D eigenvalue weighted by atomic mass is 9.90. The number of hydrogen-bond donors (Lipinski definition) is 1. The average Bonchev–Trinajstić information content (AvgIpc) is 2.75. The molecule has 3 aromatic rings. The van der Waals surface area contributed by atoms with E-state index in [1.54, 1.807) is 26.4 Å². The van der Waals surface area contributed by atoms with E-state index in [0.29, 0.717) is 18.1 Å². The van der Waals surface area contributed by atoms with Gasteiger partial charge in [0.15, 0.2) is 11.5 Å². The van der Waals surface area contributed by atoms with Crippen molar-refractivity contribution in [3.63, 3.8) is 0 Å². The highest BCUT2D eigenvalue weighted by atomic mass is 16.5. The fourth-order valence-electron chi connectivity index (χ4n) is 3.68. The van der Waals surface area contributed by atoms with Crippen molar-refractivity contribution in [3.8, 4) is 45.3 Å². The number of aryl methyl sites for hydroxylation is 1. The van der Waals surface area contributed by atoms with Crippen LogP contribution in [0.2, 0.25) is 0 Å². The molecular weight excluding hydrogens is 388 g/mol. The molecule has 3 rings (SSSR count). The molecule has 31 heavy (non-hydrogen) atoms. The summed E-state index contributed by atoms with van der Waals surface area (Å²) in [5, 5.41) is 9.62. The monoisotopic (exact) mass is 418 g/mol. The Labute approximate surface area is 184 Å². The Bertz CT molecular complexity index is 1090. The first-order valence-electron chi connectivity index (χ1n) is 10.3. The van der Waals surface area contributed by atoms with Crippen molar-refractivity contribution in [2.45, 2.75) is 27.7 Å². The van der Waals surface area contributed by atoms with Gasteiger partial charge in [-0.05, 0) is 85.9 Å². The van der Waals surface area contributed by atoms with Gasteiger partial charge in [0.1, 0.15) is 18.1 Å². The topological polar surface area (TPSA) is 47.9 Å². The second-order valence-corrected chi connectivity index (χ2v) is 7.78. The Hall–Kier alpha value is -3.40. The molecule has 1 N–H and O–H groups in total. The standard InChI is InChI=1S/C27H30O4/c1-17(2)13-14-31-24-12-9-21(16-25(24)29-5)26-18(3)15-23(19(4)27(26)30-6)20-7-10-22(28)11-8-20/h7-13,15-16,28H,14H2,1-6H3. The minimum absolute atomic E-state index is 0.251. The Morgan fingerprint density at radius 2 is 1.55 bits per heavy atom. The van der Waals surface area contributed by atoms with Gasteiger partial charge in [-0.1, -0.05) is 29.8 Å². The van der Waals surface area contributed by atoms with Crippen LogP contribution in [-0.4, -0.2) is 25.9 Å². The van der Waals surface area contributed by atoms with Crippen molar-refractivity contribution < 1.29 is 19.3 Å². The van der Waals surface area contributed by atoms with E-state index in [1.807, 2.05) is 50.3 Å². The van der Waals surface area contributed by atoms with Crippen LogP contribution in [0.5, 0.6) is 23.0 Å². The Morgan fingerprint density at radius 1 is 0.871 bits per heavy atom. The predicted molar refractivity (Wildman–Crippen MR) is 126 cm³/mol.